The number of hydrogen-bond donors (Lipinski definition) is 4. The van der Waals surface area contributed by atoms with Gasteiger partial charge >= 0.3 is 5.97 Å². The van der Waals surface area contributed by atoms with E-state index < -0.39 is 22.6 Å². The van der Waals surface area contributed by atoms with Gasteiger partial charge in [0.15, 0.2) is 6.54 Å². The van der Waals surface area contributed by atoms with Gasteiger partial charge in [-0.3, -0.25) is 9.35 Å². The van der Waals surface area contributed by atoms with Gasteiger partial charge in [0.1, 0.15) is 12.1 Å². The number of hydroxylamine groups is 1. The minimum absolute atomic E-state index is 0.0296. The Morgan fingerprint density at radius 2 is 2.10 bits per heavy atom. The maximum absolute atomic E-state index is 11.3. The van der Waals surface area contributed by atoms with Crippen LogP contribution in [-0.4, -0.2) is 52.1 Å². The zero-order valence-corrected chi connectivity index (χ0v) is 16.7. The van der Waals surface area contributed by atoms with Crippen molar-refractivity contribution < 1.29 is 32.7 Å². The van der Waals surface area contributed by atoms with Crippen LogP contribution >= 0.6 is 0 Å². The Labute approximate surface area is 172 Å². The molecule has 0 bridgehead atoms. The van der Waals surface area contributed by atoms with Gasteiger partial charge in [0.25, 0.3) is 16.1 Å². The Balaban J connectivity index is 2.41. The molecule has 0 spiro atoms. The summed E-state index contributed by atoms with van der Waals surface area (Å²) in [5, 5.41) is 15.6. The summed E-state index contributed by atoms with van der Waals surface area (Å²) < 4.78 is 31.9. The second-order valence-electron chi connectivity index (χ2n) is 5.55. The molecular formula is C16H20N6O7S. The van der Waals surface area contributed by atoms with Crippen LogP contribution in [0.5, 0.6) is 0 Å². The molecule has 0 unspecified atom stereocenters. The summed E-state index contributed by atoms with van der Waals surface area (Å²) in [5.74, 6) is -1.21. The van der Waals surface area contributed by atoms with Gasteiger partial charge in [0.2, 0.25) is 5.95 Å². The monoisotopic (exact) mass is 440 g/mol. The molecule has 1 heterocycles. The molecule has 0 fully saturated rings. The molecule has 0 aliphatic heterocycles. The number of carboxylic acid groups (broad SMARTS) is 1. The molecule has 4 N–H and O–H groups in total. The van der Waals surface area contributed by atoms with Gasteiger partial charge in [-0.15, -0.1) is 0 Å². The fraction of sp³-hybridized carbons (Fsp3) is 0.250. The summed E-state index contributed by atoms with van der Waals surface area (Å²) in [4.78, 5) is 32.6. The molecular weight excluding hydrogens is 420 g/mol. The Kier molecular flexibility index (Phi) is 7.99. The minimum atomic E-state index is -4.41. The van der Waals surface area contributed by atoms with E-state index in [2.05, 4.69) is 37.1 Å². The van der Waals surface area contributed by atoms with Gasteiger partial charge in [-0.05, 0) is 24.7 Å². The van der Waals surface area contributed by atoms with Crippen LogP contribution in [0.15, 0.2) is 42.0 Å². The molecule has 0 saturated heterocycles. The van der Waals surface area contributed by atoms with E-state index in [0.717, 1.165) is 11.3 Å². The third kappa shape index (κ3) is 6.93. The third-order valence-corrected chi connectivity index (χ3v) is 4.14. The number of nitrogens with zero attached hydrogens (tertiary/aromatic N) is 4. The fourth-order valence-corrected chi connectivity index (χ4v) is 2.62. The number of aromatic nitrogens is 3. The van der Waals surface area contributed by atoms with E-state index in [1.54, 1.807) is 0 Å². The van der Waals surface area contributed by atoms with Crippen molar-refractivity contribution in [3.05, 3.63) is 42.9 Å². The van der Waals surface area contributed by atoms with Crippen molar-refractivity contribution in [2.45, 2.75) is 18.4 Å². The lowest BCUT2D eigenvalue weighted by Gasteiger charge is -2.18. The first-order chi connectivity index (χ1) is 14.2. The predicted octanol–water partition coefficient (Wildman–Crippen LogP) is 0.869. The number of aliphatic carboxylic acids is 1. The van der Waals surface area contributed by atoms with Gasteiger partial charge in [-0.25, -0.2) is 0 Å². The predicted molar refractivity (Wildman–Crippen MR) is 104 cm³/mol. The lowest BCUT2D eigenvalue weighted by molar-refractivity contribution is -0.260. The molecule has 30 heavy (non-hydrogen) atoms. The largest absolute Gasteiger partial charge is 0.480 e. The number of carbonyl (C=O) groups is 1. The minimum Gasteiger partial charge on any atom is -0.480 e. The number of nitrogens with one attached hydrogen (secondary N) is 2. The zero-order valence-electron chi connectivity index (χ0n) is 15.8. The quantitative estimate of drug-likeness (QED) is 0.158. The second-order valence-corrected chi connectivity index (χ2v) is 6.97. The molecule has 0 amide bonds. The van der Waals surface area contributed by atoms with Crippen LogP contribution in [0.1, 0.15) is 12.7 Å². The van der Waals surface area contributed by atoms with E-state index in [1.165, 1.54) is 24.3 Å². The number of hydrogen-bond acceptors (Lipinski definition) is 11. The molecule has 13 nitrogen and oxygen atoms in total. The molecule has 2 aromatic rings. The van der Waals surface area contributed by atoms with Crippen LogP contribution in [0.2, 0.25) is 0 Å². The molecule has 1 aromatic carbocycles. The zero-order chi connectivity index (χ0) is 22.1. The smallest absolute Gasteiger partial charge is 0.326 e. The average molecular weight is 440 g/mol. The topological polar surface area (TPSA) is 176 Å². The first-order valence-corrected chi connectivity index (χ1v) is 9.91. The highest BCUT2D eigenvalue weighted by molar-refractivity contribution is 7.85. The van der Waals surface area contributed by atoms with E-state index in [9.17, 15) is 17.8 Å². The third-order valence-electron chi connectivity index (χ3n) is 3.29. The van der Waals surface area contributed by atoms with Crippen molar-refractivity contribution in [3.63, 3.8) is 0 Å². The SMILES string of the molecule is C=COON(CC(=O)O)c1nc(CNCC)nc(Nc2cccc(S(=O)(=O)O)c2)n1. The number of carboxylic acids is 1. The average Bonchev–Trinajstić information content (AvgIpc) is 2.68. The van der Waals surface area contributed by atoms with Gasteiger partial charge in [-0.1, -0.05) is 24.6 Å². The summed E-state index contributed by atoms with van der Waals surface area (Å²) in [6.45, 7) is 5.37. The Morgan fingerprint density at radius 1 is 1.33 bits per heavy atom. The maximum atomic E-state index is 11.3. The van der Waals surface area contributed by atoms with Crippen LogP contribution in [-0.2, 0) is 31.3 Å². The Bertz CT molecular complexity index is 1000. The van der Waals surface area contributed by atoms with E-state index in [0.29, 0.717) is 6.54 Å². The fourth-order valence-electron chi connectivity index (χ4n) is 2.09. The number of benzene rings is 1. The standard InChI is InChI=1S/C16H20N6O7S/c1-3-17-9-13-19-15(18-11-6-5-7-12(8-11)30(25,26)27)21-16(20-13)22(10-14(23)24)29-28-4-2/h4-8,17H,2-3,9-10H2,1H3,(H,23,24)(H,25,26,27)(H,18,19,20,21). The summed E-state index contributed by atoms with van der Waals surface area (Å²) in [5.41, 5.74) is 0.254. The highest BCUT2D eigenvalue weighted by Crippen LogP contribution is 2.20. The van der Waals surface area contributed by atoms with Gasteiger partial charge in [0, 0.05) is 5.69 Å². The number of rotatable bonds is 12. The highest BCUT2D eigenvalue weighted by atomic mass is 32.2. The molecule has 0 aliphatic rings. The number of anilines is 3. The lowest BCUT2D eigenvalue weighted by atomic mass is 10.3. The Morgan fingerprint density at radius 3 is 2.73 bits per heavy atom. The summed E-state index contributed by atoms with van der Waals surface area (Å²) in [6.07, 6.45) is 0.940. The van der Waals surface area contributed by atoms with E-state index >= 15 is 0 Å². The van der Waals surface area contributed by atoms with Crippen molar-refractivity contribution in [1.82, 2.24) is 20.3 Å². The van der Waals surface area contributed by atoms with Gasteiger partial charge in [-0.2, -0.15) is 28.4 Å². The van der Waals surface area contributed by atoms with Crippen LogP contribution in [0.3, 0.4) is 0 Å². The molecule has 14 heteroatoms. The Hall–Kier alpha value is -3.33. The van der Waals surface area contributed by atoms with Crippen LogP contribution < -0.4 is 15.7 Å². The molecule has 0 atom stereocenters. The van der Waals surface area contributed by atoms with Gasteiger partial charge in [0.05, 0.1) is 11.4 Å². The molecule has 2 rings (SSSR count). The molecule has 0 radical (unpaired) electrons. The molecule has 1 aromatic heterocycles. The molecule has 162 valence electrons. The van der Waals surface area contributed by atoms with Crippen LogP contribution in [0.25, 0.3) is 0 Å². The van der Waals surface area contributed by atoms with Crippen molar-refractivity contribution >= 4 is 33.7 Å². The summed E-state index contributed by atoms with van der Waals surface area (Å²) in [7, 11) is -4.41. The normalized spacial score (nSPS) is 11.0. The highest BCUT2D eigenvalue weighted by Gasteiger charge is 2.19. The lowest BCUT2D eigenvalue weighted by Crippen LogP contribution is -2.32. The van der Waals surface area contributed by atoms with Crippen molar-refractivity contribution in [3.8, 4) is 0 Å². The maximum Gasteiger partial charge on any atom is 0.326 e. The molecule has 0 aliphatic carbocycles. The molecule has 0 saturated carbocycles. The summed E-state index contributed by atoms with van der Waals surface area (Å²) in [6, 6.07) is 5.32. The van der Waals surface area contributed by atoms with Gasteiger partial charge < -0.3 is 20.6 Å². The van der Waals surface area contributed by atoms with Crippen LogP contribution in [0.4, 0.5) is 17.6 Å². The van der Waals surface area contributed by atoms with E-state index in [-0.39, 0.29) is 34.8 Å². The van der Waals surface area contributed by atoms with E-state index in [1.807, 2.05) is 6.92 Å². The summed E-state index contributed by atoms with van der Waals surface area (Å²) >= 11 is 0. The van der Waals surface area contributed by atoms with Crippen molar-refractivity contribution in [2.24, 2.45) is 0 Å². The second kappa shape index (κ2) is 10.4. The van der Waals surface area contributed by atoms with E-state index in [4.69, 9.17) is 10.1 Å². The van der Waals surface area contributed by atoms with Crippen molar-refractivity contribution in [1.29, 1.82) is 0 Å². The first kappa shape index (κ1) is 23.0. The van der Waals surface area contributed by atoms with Crippen LogP contribution in [0, 0.1) is 0 Å². The first-order valence-electron chi connectivity index (χ1n) is 8.47. The van der Waals surface area contributed by atoms with Crippen molar-refractivity contribution in [2.75, 3.05) is 23.5 Å².